The van der Waals surface area contributed by atoms with E-state index in [1.165, 1.54) is 0 Å². The van der Waals surface area contributed by atoms with Crippen molar-refractivity contribution in [2.24, 2.45) is 5.73 Å². The summed E-state index contributed by atoms with van der Waals surface area (Å²) < 4.78 is 10.8. The molecule has 2 N–H and O–H groups in total. The van der Waals surface area contributed by atoms with Gasteiger partial charge >= 0.3 is 0 Å². The van der Waals surface area contributed by atoms with Gasteiger partial charge in [0, 0.05) is 11.1 Å². The Morgan fingerprint density at radius 1 is 1.44 bits per heavy atom. The second kappa shape index (κ2) is 7.29. The third kappa shape index (κ3) is 4.59. The molecule has 0 radical (unpaired) electrons. The average molecular weight is 270 g/mol. The van der Waals surface area contributed by atoms with Crippen molar-refractivity contribution in [3.05, 3.63) is 35.4 Å². The molecule has 100 valence electrons. The molecular formula is C14H20ClNO2. The normalized spacial score (nSPS) is 12.0. The standard InChI is InChI=1S/C14H20ClNO2/c1-4-12(16)7-11-5-6-13(17-3)14(8-11)18-9-10(2)15/h5-6,8,12H,2,4,7,9,16H2,1,3H3. The molecule has 0 saturated heterocycles. The first-order chi connectivity index (χ1) is 8.56. The van der Waals surface area contributed by atoms with E-state index >= 15 is 0 Å². The van der Waals surface area contributed by atoms with Gasteiger partial charge in [0.1, 0.15) is 6.61 Å². The summed E-state index contributed by atoms with van der Waals surface area (Å²) in [6.07, 6.45) is 1.76. The molecule has 18 heavy (non-hydrogen) atoms. The Hall–Kier alpha value is -1.19. The molecule has 0 heterocycles. The van der Waals surface area contributed by atoms with Crippen molar-refractivity contribution in [2.45, 2.75) is 25.8 Å². The smallest absolute Gasteiger partial charge is 0.161 e. The molecule has 0 spiro atoms. The molecule has 4 heteroatoms. The summed E-state index contributed by atoms with van der Waals surface area (Å²) in [4.78, 5) is 0. The first-order valence-corrected chi connectivity index (χ1v) is 6.33. The molecule has 1 rings (SSSR count). The summed E-state index contributed by atoms with van der Waals surface area (Å²) in [6.45, 7) is 5.93. The predicted molar refractivity (Wildman–Crippen MR) is 75.5 cm³/mol. The Kier molecular flexibility index (Phi) is 6.02. The van der Waals surface area contributed by atoms with Gasteiger partial charge in [-0.05, 0) is 30.5 Å². The number of rotatable bonds is 7. The monoisotopic (exact) mass is 269 g/mol. The van der Waals surface area contributed by atoms with Crippen LogP contribution in [0.15, 0.2) is 29.8 Å². The summed E-state index contributed by atoms with van der Waals surface area (Å²) in [6, 6.07) is 5.98. The van der Waals surface area contributed by atoms with Gasteiger partial charge in [-0.2, -0.15) is 0 Å². The molecule has 0 saturated carbocycles. The van der Waals surface area contributed by atoms with Crippen molar-refractivity contribution in [1.29, 1.82) is 0 Å². The van der Waals surface area contributed by atoms with Gasteiger partial charge in [-0.15, -0.1) is 0 Å². The van der Waals surface area contributed by atoms with Crippen LogP contribution in [-0.4, -0.2) is 19.8 Å². The second-order valence-electron chi connectivity index (χ2n) is 4.16. The number of benzene rings is 1. The van der Waals surface area contributed by atoms with E-state index in [-0.39, 0.29) is 12.6 Å². The fraction of sp³-hybridized carbons (Fsp3) is 0.429. The van der Waals surface area contributed by atoms with Crippen LogP contribution in [0.2, 0.25) is 0 Å². The molecular weight excluding hydrogens is 250 g/mol. The molecule has 3 nitrogen and oxygen atoms in total. The van der Waals surface area contributed by atoms with Crippen LogP contribution in [0.5, 0.6) is 11.5 Å². The van der Waals surface area contributed by atoms with E-state index in [2.05, 4.69) is 13.5 Å². The highest BCUT2D eigenvalue weighted by Gasteiger charge is 2.08. The number of ether oxygens (including phenoxy) is 2. The van der Waals surface area contributed by atoms with E-state index in [1.807, 2.05) is 18.2 Å². The van der Waals surface area contributed by atoms with Gasteiger partial charge in [0.2, 0.25) is 0 Å². The zero-order valence-corrected chi connectivity index (χ0v) is 11.7. The van der Waals surface area contributed by atoms with Gasteiger partial charge in [0.05, 0.1) is 7.11 Å². The summed E-state index contributed by atoms with van der Waals surface area (Å²) in [7, 11) is 1.61. The van der Waals surface area contributed by atoms with Crippen LogP contribution >= 0.6 is 11.6 Å². The molecule has 1 unspecified atom stereocenters. The third-order valence-corrected chi connectivity index (χ3v) is 2.74. The summed E-state index contributed by atoms with van der Waals surface area (Å²) in [5.41, 5.74) is 7.07. The third-order valence-electron chi connectivity index (χ3n) is 2.63. The number of methoxy groups -OCH3 is 1. The first kappa shape index (κ1) is 14.9. The van der Waals surface area contributed by atoms with E-state index < -0.39 is 0 Å². The zero-order valence-electron chi connectivity index (χ0n) is 10.9. The Bertz CT molecular complexity index is 407. The Morgan fingerprint density at radius 3 is 2.72 bits per heavy atom. The lowest BCUT2D eigenvalue weighted by molar-refractivity contribution is 0.323. The molecule has 0 aliphatic rings. The van der Waals surface area contributed by atoms with Gasteiger partial charge in [-0.1, -0.05) is 31.2 Å². The van der Waals surface area contributed by atoms with E-state index in [9.17, 15) is 0 Å². The first-order valence-electron chi connectivity index (χ1n) is 5.95. The molecule has 0 bridgehead atoms. The molecule has 0 aromatic heterocycles. The summed E-state index contributed by atoms with van der Waals surface area (Å²) in [5.74, 6) is 1.35. The highest BCUT2D eigenvalue weighted by atomic mass is 35.5. The molecule has 0 aliphatic carbocycles. The predicted octanol–water partition coefficient (Wildman–Crippen LogP) is 3.11. The maximum absolute atomic E-state index is 5.94. The maximum atomic E-state index is 5.94. The van der Waals surface area contributed by atoms with Crippen molar-refractivity contribution in [3.8, 4) is 11.5 Å². The van der Waals surface area contributed by atoms with E-state index in [0.717, 1.165) is 18.4 Å². The van der Waals surface area contributed by atoms with Crippen LogP contribution in [-0.2, 0) is 6.42 Å². The number of hydrogen-bond acceptors (Lipinski definition) is 3. The van der Waals surface area contributed by atoms with E-state index in [1.54, 1.807) is 7.11 Å². The lowest BCUT2D eigenvalue weighted by Gasteiger charge is -2.13. The molecule has 0 amide bonds. The van der Waals surface area contributed by atoms with Gasteiger partial charge in [-0.25, -0.2) is 0 Å². The second-order valence-corrected chi connectivity index (χ2v) is 4.70. The van der Waals surface area contributed by atoms with Crippen LogP contribution in [0.1, 0.15) is 18.9 Å². The number of halogens is 1. The SMILES string of the molecule is C=C(Cl)COc1cc(CC(N)CC)ccc1OC. The quantitative estimate of drug-likeness (QED) is 0.827. The van der Waals surface area contributed by atoms with Crippen LogP contribution in [0.4, 0.5) is 0 Å². The van der Waals surface area contributed by atoms with Crippen LogP contribution < -0.4 is 15.2 Å². The molecule has 0 fully saturated rings. The highest BCUT2D eigenvalue weighted by molar-refractivity contribution is 6.29. The average Bonchev–Trinajstić information content (AvgIpc) is 2.36. The Labute approximate surface area is 114 Å². The van der Waals surface area contributed by atoms with E-state index in [4.69, 9.17) is 26.8 Å². The highest BCUT2D eigenvalue weighted by Crippen LogP contribution is 2.29. The number of nitrogens with two attached hydrogens (primary N) is 1. The van der Waals surface area contributed by atoms with Crippen LogP contribution in [0.25, 0.3) is 0 Å². The fourth-order valence-corrected chi connectivity index (χ4v) is 1.62. The largest absolute Gasteiger partial charge is 0.493 e. The lowest BCUT2D eigenvalue weighted by Crippen LogP contribution is -2.21. The minimum Gasteiger partial charge on any atom is -0.493 e. The van der Waals surface area contributed by atoms with Crippen LogP contribution in [0, 0.1) is 0 Å². The van der Waals surface area contributed by atoms with Crippen molar-refractivity contribution >= 4 is 11.6 Å². The number of hydrogen-bond donors (Lipinski definition) is 1. The summed E-state index contributed by atoms with van der Waals surface area (Å²) >= 11 is 5.69. The zero-order chi connectivity index (χ0) is 13.5. The minimum absolute atomic E-state index is 0.161. The van der Waals surface area contributed by atoms with Gasteiger partial charge < -0.3 is 15.2 Å². The van der Waals surface area contributed by atoms with Gasteiger partial charge in [0.25, 0.3) is 0 Å². The van der Waals surface area contributed by atoms with Crippen molar-refractivity contribution in [3.63, 3.8) is 0 Å². The van der Waals surface area contributed by atoms with Gasteiger partial charge in [0.15, 0.2) is 11.5 Å². The minimum atomic E-state index is 0.161. The topological polar surface area (TPSA) is 44.5 Å². The van der Waals surface area contributed by atoms with Gasteiger partial charge in [-0.3, -0.25) is 0 Å². The van der Waals surface area contributed by atoms with E-state index in [0.29, 0.717) is 16.5 Å². The maximum Gasteiger partial charge on any atom is 0.161 e. The lowest BCUT2D eigenvalue weighted by atomic mass is 10.0. The molecule has 0 aliphatic heterocycles. The van der Waals surface area contributed by atoms with Crippen LogP contribution in [0.3, 0.4) is 0 Å². The summed E-state index contributed by atoms with van der Waals surface area (Å²) in [5, 5.41) is 0.452. The molecule has 1 atom stereocenters. The fourth-order valence-electron chi connectivity index (χ4n) is 1.56. The van der Waals surface area contributed by atoms with Crippen molar-refractivity contribution < 1.29 is 9.47 Å². The van der Waals surface area contributed by atoms with Crippen molar-refractivity contribution in [2.75, 3.05) is 13.7 Å². The molecule has 1 aromatic rings. The Morgan fingerprint density at radius 2 is 2.17 bits per heavy atom. The van der Waals surface area contributed by atoms with Crippen molar-refractivity contribution in [1.82, 2.24) is 0 Å². The Balaban J connectivity index is 2.83. The molecule has 1 aromatic carbocycles.